The van der Waals surface area contributed by atoms with Crippen molar-refractivity contribution in [3.63, 3.8) is 0 Å². The van der Waals surface area contributed by atoms with E-state index in [1.54, 1.807) is 6.20 Å². The van der Waals surface area contributed by atoms with Crippen LogP contribution in [0.1, 0.15) is 6.99 Å². The molecule has 0 aliphatic heterocycles. The fourth-order valence-corrected chi connectivity index (χ4v) is 2.87. The number of ether oxygens (including phenoxy) is 1. The molecule has 0 fully saturated rings. The minimum atomic E-state index is 0. The average Bonchev–Trinajstić information content (AvgIpc) is 3.04. The van der Waals surface area contributed by atoms with Crippen molar-refractivity contribution >= 4 is 22.6 Å². The lowest BCUT2D eigenvalue weighted by molar-refractivity contribution is 0.306. The van der Waals surface area contributed by atoms with Gasteiger partial charge in [0.2, 0.25) is 0 Å². The van der Waals surface area contributed by atoms with Crippen LogP contribution >= 0.6 is 11.6 Å². The first-order valence-electron chi connectivity index (χ1n) is 7.69. The van der Waals surface area contributed by atoms with E-state index < -0.39 is 0 Å². The first kappa shape index (κ1) is 14.8. The van der Waals surface area contributed by atoms with Gasteiger partial charge in [0.05, 0.1) is 5.02 Å². The summed E-state index contributed by atoms with van der Waals surface area (Å²) in [5, 5.41) is 1.63. The molecule has 2 aromatic heterocycles. The number of nitrogens with zero attached hydrogens (tertiary/aromatic N) is 1. The molecular formula is C20H17ClN2O. The number of pyridine rings is 1. The van der Waals surface area contributed by atoms with E-state index in [4.69, 9.17) is 16.3 Å². The Morgan fingerprint density at radius 1 is 1.04 bits per heavy atom. The van der Waals surface area contributed by atoms with Gasteiger partial charge in [0.25, 0.3) is 0 Å². The predicted molar refractivity (Wildman–Crippen MR) is 99.4 cm³/mol. The van der Waals surface area contributed by atoms with Crippen molar-refractivity contribution in [3.8, 4) is 16.9 Å². The molecule has 2 aromatic carbocycles. The van der Waals surface area contributed by atoms with Crippen LogP contribution in [0.3, 0.4) is 0 Å². The largest absolute Gasteiger partial charge is 0.489 e. The topological polar surface area (TPSA) is 37.9 Å². The van der Waals surface area contributed by atoms with Gasteiger partial charge in [-0.15, -0.1) is 0 Å². The molecule has 4 aromatic rings. The Kier molecular flexibility index (Phi) is 3.93. The molecule has 24 heavy (non-hydrogen) atoms. The summed E-state index contributed by atoms with van der Waals surface area (Å²) in [5.41, 5.74) is 4.09. The molecule has 0 radical (unpaired) electrons. The normalized spacial score (nSPS) is 10.9. The number of benzene rings is 2. The van der Waals surface area contributed by atoms with Crippen LogP contribution in [0, 0.1) is 0 Å². The van der Waals surface area contributed by atoms with E-state index in [1.807, 2.05) is 48.7 Å². The predicted octanol–water partition coefficient (Wildman–Crippen LogP) is 5.71. The Morgan fingerprint density at radius 3 is 2.79 bits per heavy atom. The van der Waals surface area contributed by atoms with Gasteiger partial charge in [0, 0.05) is 24.8 Å². The van der Waals surface area contributed by atoms with Gasteiger partial charge in [-0.2, -0.15) is 0 Å². The number of H-pyrrole nitrogens is 1. The molecule has 3 nitrogen and oxygen atoms in total. The summed E-state index contributed by atoms with van der Waals surface area (Å²) in [7, 11) is 0. The van der Waals surface area contributed by atoms with Gasteiger partial charge < -0.3 is 9.72 Å². The van der Waals surface area contributed by atoms with Gasteiger partial charge in [-0.1, -0.05) is 54.1 Å². The highest BCUT2D eigenvalue weighted by atomic mass is 35.5. The molecule has 1 N–H and O–H groups in total. The number of aromatic amines is 1. The van der Waals surface area contributed by atoms with Crippen molar-refractivity contribution in [2.45, 2.75) is 6.61 Å². The van der Waals surface area contributed by atoms with Crippen LogP contribution in [0.15, 0.2) is 73.1 Å². The van der Waals surface area contributed by atoms with Gasteiger partial charge in [0.15, 0.2) is 0 Å². The lowest BCUT2D eigenvalue weighted by Crippen LogP contribution is -1.94. The van der Waals surface area contributed by atoms with Crippen LogP contribution in [-0.4, -0.2) is 9.97 Å². The third-order valence-electron chi connectivity index (χ3n) is 3.89. The standard InChI is InChI=1S/C20H15ClN2O.H2/c21-16-10-18-19(12-23-20(18)22-11-16)15-7-4-8-17(9-15)24-13-14-5-2-1-3-6-14;/h1-12H,13H2,(H,22,23);1H. The molecule has 0 amide bonds. The number of hydrogen-bond donors (Lipinski definition) is 1. The zero-order valence-electron chi connectivity index (χ0n) is 12.9. The maximum absolute atomic E-state index is 6.08. The van der Waals surface area contributed by atoms with Crippen molar-refractivity contribution in [1.29, 1.82) is 0 Å². The van der Waals surface area contributed by atoms with Gasteiger partial charge in [-0.3, -0.25) is 0 Å². The molecule has 0 spiro atoms. The Labute approximate surface area is 146 Å². The highest BCUT2D eigenvalue weighted by molar-refractivity contribution is 6.31. The summed E-state index contributed by atoms with van der Waals surface area (Å²) in [6, 6.07) is 20.1. The maximum atomic E-state index is 6.08. The van der Waals surface area contributed by atoms with Crippen molar-refractivity contribution in [2.75, 3.05) is 0 Å². The zero-order valence-corrected chi connectivity index (χ0v) is 13.6. The van der Waals surface area contributed by atoms with E-state index in [0.29, 0.717) is 11.6 Å². The van der Waals surface area contributed by atoms with Crippen LogP contribution < -0.4 is 4.74 Å². The molecule has 0 aliphatic carbocycles. The summed E-state index contributed by atoms with van der Waals surface area (Å²) >= 11 is 6.08. The summed E-state index contributed by atoms with van der Waals surface area (Å²) in [6.45, 7) is 0.547. The molecular weight excluding hydrogens is 320 g/mol. The van der Waals surface area contributed by atoms with Crippen LogP contribution in [-0.2, 0) is 6.61 Å². The quantitative estimate of drug-likeness (QED) is 0.518. The Hall–Kier alpha value is -2.78. The molecule has 0 atom stereocenters. The number of nitrogens with one attached hydrogen (secondary N) is 1. The second kappa shape index (κ2) is 6.38. The van der Waals surface area contributed by atoms with Crippen LogP contribution in [0.2, 0.25) is 5.02 Å². The van der Waals surface area contributed by atoms with Crippen molar-refractivity contribution in [1.82, 2.24) is 9.97 Å². The van der Waals surface area contributed by atoms with Gasteiger partial charge in [-0.05, 0) is 29.3 Å². The summed E-state index contributed by atoms with van der Waals surface area (Å²) in [4.78, 5) is 7.49. The maximum Gasteiger partial charge on any atom is 0.137 e. The summed E-state index contributed by atoms with van der Waals surface area (Å²) < 4.78 is 5.91. The monoisotopic (exact) mass is 336 g/mol. The Morgan fingerprint density at radius 2 is 1.92 bits per heavy atom. The molecule has 2 heterocycles. The Balaban J connectivity index is 0.00000182. The summed E-state index contributed by atoms with van der Waals surface area (Å²) in [5.74, 6) is 0.834. The fourth-order valence-electron chi connectivity index (χ4n) is 2.71. The van der Waals surface area contributed by atoms with Crippen molar-refractivity contribution in [3.05, 3.63) is 83.6 Å². The van der Waals surface area contributed by atoms with Crippen LogP contribution in [0.5, 0.6) is 5.75 Å². The average molecular weight is 337 g/mol. The molecule has 4 heteroatoms. The van der Waals surface area contributed by atoms with E-state index in [0.717, 1.165) is 33.5 Å². The molecule has 120 valence electrons. The van der Waals surface area contributed by atoms with E-state index in [2.05, 4.69) is 28.2 Å². The molecule has 4 rings (SSSR count). The van der Waals surface area contributed by atoms with Crippen molar-refractivity contribution < 1.29 is 6.16 Å². The minimum absolute atomic E-state index is 0. The third kappa shape index (κ3) is 2.99. The van der Waals surface area contributed by atoms with Gasteiger partial charge >= 0.3 is 0 Å². The lowest BCUT2D eigenvalue weighted by Gasteiger charge is -2.08. The van der Waals surface area contributed by atoms with E-state index >= 15 is 0 Å². The van der Waals surface area contributed by atoms with Crippen LogP contribution in [0.4, 0.5) is 0 Å². The van der Waals surface area contributed by atoms with E-state index in [9.17, 15) is 0 Å². The minimum Gasteiger partial charge on any atom is -0.489 e. The number of fused-ring (bicyclic) bond motifs is 1. The second-order valence-electron chi connectivity index (χ2n) is 5.55. The number of aromatic nitrogens is 2. The first-order valence-corrected chi connectivity index (χ1v) is 8.07. The SMILES string of the molecule is Clc1cnc2[nH]cc(-c3cccc(OCc4ccccc4)c3)c2c1.[HH]. The smallest absolute Gasteiger partial charge is 0.137 e. The molecule has 0 saturated carbocycles. The fraction of sp³-hybridized carbons (Fsp3) is 0.0500. The van der Waals surface area contributed by atoms with Crippen LogP contribution in [0.25, 0.3) is 22.2 Å². The highest BCUT2D eigenvalue weighted by Gasteiger charge is 2.08. The molecule has 0 unspecified atom stereocenters. The third-order valence-corrected chi connectivity index (χ3v) is 4.10. The number of rotatable bonds is 4. The van der Waals surface area contributed by atoms with E-state index in [-0.39, 0.29) is 1.43 Å². The van der Waals surface area contributed by atoms with Crippen molar-refractivity contribution in [2.24, 2.45) is 0 Å². The first-order chi connectivity index (χ1) is 11.8. The molecule has 0 saturated heterocycles. The number of halogens is 1. The highest BCUT2D eigenvalue weighted by Crippen LogP contribution is 2.31. The Bertz CT molecular complexity index is 985. The summed E-state index contributed by atoms with van der Waals surface area (Å²) in [6.07, 6.45) is 3.59. The van der Waals surface area contributed by atoms with Gasteiger partial charge in [-0.25, -0.2) is 4.98 Å². The van der Waals surface area contributed by atoms with Gasteiger partial charge in [0.1, 0.15) is 18.0 Å². The second-order valence-corrected chi connectivity index (χ2v) is 5.99. The number of hydrogen-bond acceptors (Lipinski definition) is 2. The lowest BCUT2D eigenvalue weighted by atomic mass is 10.1. The zero-order chi connectivity index (χ0) is 16.4. The molecule has 0 bridgehead atoms. The van der Waals surface area contributed by atoms with E-state index in [1.165, 1.54) is 0 Å². The molecule has 0 aliphatic rings.